The van der Waals surface area contributed by atoms with Gasteiger partial charge in [-0.15, -0.1) is 0 Å². The number of halogens is 3. The number of sulfonamides is 1. The third-order valence-corrected chi connectivity index (χ3v) is 6.33. The summed E-state index contributed by atoms with van der Waals surface area (Å²) >= 11 is 0. The molecule has 2 aliphatic rings. The summed E-state index contributed by atoms with van der Waals surface area (Å²) in [5, 5.41) is 3.23. The largest absolute Gasteiger partial charge is 0.416 e. The molecule has 2 unspecified atom stereocenters. The van der Waals surface area contributed by atoms with Gasteiger partial charge in [-0.25, -0.2) is 8.42 Å². The Hall–Kier alpha value is -1.12. The second-order valence-corrected chi connectivity index (χ2v) is 7.79. The van der Waals surface area contributed by atoms with Crippen LogP contribution in [0.15, 0.2) is 29.2 Å². The molecule has 22 heavy (non-hydrogen) atoms. The van der Waals surface area contributed by atoms with E-state index in [1.807, 2.05) is 0 Å². The molecule has 4 nitrogen and oxygen atoms in total. The Balaban J connectivity index is 1.87. The van der Waals surface area contributed by atoms with E-state index in [4.69, 9.17) is 0 Å². The standard InChI is InChI=1S/C14H17F3N2O2S/c15-14(16,17)12-2-1-3-13(6-12)22(20,21)19-5-4-10-7-18-8-11(10)9-19/h1-3,6,10-11,18H,4-5,7-9H2. The summed E-state index contributed by atoms with van der Waals surface area (Å²) < 4.78 is 64.8. The van der Waals surface area contributed by atoms with Crippen LogP contribution in [-0.4, -0.2) is 38.9 Å². The lowest BCUT2D eigenvalue weighted by Crippen LogP contribution is -2.43. The van der Waals surface area contributed by atoms with E-state index in [9.17, 15) is 21.6 Å². The second-order valence-electron chi connectivity index (χ2n) is 5.86. The Bertz CT molecular complexity index is 660. The number of piperidine rings is 1. The highest BCUT2D eigenvalue weighted by Gasteiger charge is 2.38. The topological polar surface area (TPSA) is 49.4 Å². The van der Waals surface area contributed by atoms with Crippen LogP contribution in [0.5, 0.6) is 0 Å². The van der Waals surface area contributed by atoms with Gasteiger partial charge in [0.25, 0.3) is 0 Å². The summed E-state index contributed by atoms with van der Waals surface area (Å²) in [7, 11) is -3.88. The van der Waals surface area contributed by atoms with Crippen LogP contribution in [0.3, 0.4) is 0 Å². The fraction of sp³-hybridized carbons (Fsp3) is 0.571. The minimum atomic E-state index is -4.55. The number of hydrogen-bond acceptors (Lipinski definition) is 3. The van der Waals surface area contributed by atoms with Gasteiger partial charge in [0.05, 0.1) is 10.5 Å². The molecule has 1 aromatic rings. The van der Waals surface area contributed by atoms with E-state index in [0.29, 0.717) is 25.1 Å². The smallest absolute Gasteiger partial charge is 0.316 e. The molecule has 2 aliphatic heterocycles. The first-order valence-electron chi connectivity index (χ1n) is 7.16. The van der Waals surface area contributed by atoms with E-state index in [-0.39, 0.29) is 10.8 Å². The minimum absolute atomic E-state index is 0.245. The van der Waals surface area contributed by atoms with E-state index in [1.165, 1.54) is 10.4 Å². The van der Waals surface area contributed by atoms with Crippen molar-refractivity contribution in [3.05, 3.63) is 29.8 Å². The van der Waals surface area contributed by atoms with Crippen molar-refractivity contribution in [3.63, 3.8) is 0 Å². The third kappa shape index (κ3) is 2.87. The van der Waals surface area contributed by atoms with E-state index >= 15 is 0 Å². The molecule has 2 fully saturated rings. The summed E-state index contributed by atoms with van der Waals surface area (Å²) in [4.78, 5) is -0.285. The summed E-state index contributed by atoms with van der Waals surface area (Å²) in [6.07, 6.45) is -3.80. The lowest BCUT2D eigenvalue weighted by molar-refractivity contribution is -0.137. The maximum Gasteiger partial charge on any atom is 0.416 e. The number of rotatable bonds is 2. The Labute approximate surface area is 127 Å². The van der Waals surface area contributed by atoms with E-state index in [0.717, 1.165) is 31.6 Å². The van der Waals surface area contributed by atoms with Gasteiger partial charge in [-0.05, 0) is 49.5 Å². The van der Waals surface area contributed by atoms with Crippen molar-refractivity contribution in [1.82, 2.24) is 9.62 Å². The van der Waals surface area contributed by atoms with Crippen LogP contribution in [0.1, 0.15) is 12.0 Å². The predicted octanol–water partition coefficient (Wildman–Crippen LogP) is 1.94. The molecular formula is C14H17F3N2O2S. The quantitative estimate of drug-likeness (QED) is 0.899. The molecular weight excluding hydrogens is 317 g/mol. The number of nitrogens with zero attached hydrogens (tertiary/aromatic N) is 1. The van der Waals surface area contributed by atoms with Gasteiger partial charge < -0.3 is 5.32 Å². The highest BCUT2D eigenvalue weighted by atomic mass is 32.2. The molecule has 0 amide bonds. The number of alkyl halides is 3. The molecule has 2 heterocycles. The van der Waals surface area contributed by atoms with Gasteiger partial charge in [0.15, 0.2) is 0 Å². The van der Waals surface area contributed by atoms with Gasteiger partial charge >= 0.3 is 6.18 Å². The Morgan fingerprint density at radius 3 is 2.64 bits per heavy atom. The first-order valence-corrected chi connectivity index (χ1v) is 8.60. The van der Waals surface area contributed by atoms with Gasteiger partial charge in [-0.3, -0.25) is 0 Å². The van der Waals surface area contributed by atoms with Crippen LogP contribution in [0.2, 0.25) is 0 Å². The molecule has 0 saturated carbocycles. The van der Waals surface area contributed by atoms with Crippen LogP contribution in [0, 0.1) is 11.8 Å². The molecule has 0 bridgehead atoms. The first-order chi connectivity index (χ1) is 10.3. The van der Waals surface area contributed by atoms with Crippen molar-refractivity contribution < 1.29 is 21.6 Å². The molecule has 0 aliphatic carbocycles. The zero-order valence-electron chi connectivity index (χ0n) is 11.8. The molecule has 122 valence electrons. The van der Waals surface area contributed by atoms with Gasteiger partial charge in [-0.1, -0.05) is 6.07 Å². The van der Waals surface area contributed by atoms with Gasteiger partial charge in [0, 0.05) is 13.1 Å². The molecule has 0 aromatic heterocycles. The maximum atomic E-state index is 12.8. The number of benzene rings is 1. The van der Waals surface area contributed by atoms with E-state index < -0.39 is 21.8 Å². The first kappa shape index (κ1) is 15.8. The van der Waals surface area contributed by atoms with Crippen molar-refractivity contribution in [3.8, 4) is 0 Å². The van der Waals surface area contributed by atoms with Crippen molar-refractivity contribution in [1.29, 1.82) is 0 Å². The lowest BCUT2D eigenvalue weighted by Gasteiger charge is -2.33. The number of nitrogens with one attached hydrogen (secondary N) is 1. The monoisotopic (exact) mass is 334 g/mol. The second kappa shape index (κ2) is 5.50. The average Bonchev–Trinajstić information content (AvgIpc) is 2.94. The summed E-state index contributed by atoms with van der Waals surface area (Å²) in [5.41, 5.74) is -0.939. The molecule has 8 heteroatoms. The minimum Gasteiger partial charge on any atom is -0.316 e. The average molecular weight is 334 g/mol. The fourth-order valence-corrected chi connectivity index (χ4v) is 4.76. The van der Waals surface area contributed by atoms with Crippen LogP contribution in [0.4, 0.5) is 13.2 Å². The Morgan fingerprint density at radius 2 is 1.91 bits per heavy atom. The fourth-order valence-electron chi connectivity index (χ4n) is 3.20. The zero-order chi connectivity index (χ0) is 16.0. The van der Waals surface area contributed by atoms with Gasteiger partial charge in [0.1, 0.15) is 0 Å². The molecule has 2 atom stereocenters. The van der Waals surface area contributed by atoms with Crippen LogP contribution in [0.25, 0.3) is 0 Å². The van der Waals surface area contributed by atoms with Crippen LogP contribution in [-0.2, 0) is 16.2 Å². The summed E-state index contributed by atoms with van der Waals surface area (Å²) in [5.74, 6) is 0.710. The molecule has 0 spiro atoms. The van der Waals surface area contributed by atoms with Crippen LogP contribution < -0.4 is 5.32 Å². The van der Waals surface area contributed by atoms with Crippen LogP contribution >= 0.6 is 0 Å². The molecule has 0 radical (unpaired) electrons. The van der Waals surface area contributed by atoms with Gasteiger partial charge in [0.2, 0.25) is 10.0 Å². The third-order valence-electron chi connectivity index (χ3n) is 4.47. The van der Waals surface area contributed by atoms with Crippen molar-refractivity contribution in [2.24, 2.45) is 11.8 Å². The maximum absolute atomic E-state index is 12.8. The lowest BCUT2D eigenvalue weighted by atomic mass is 9.90. The number of fused-ring (bicyclic) bond motifs is 1. The number of hydrogen-bond donors (Lipinski definition) is 1. The molecule has 1 N–H and O–H groups in total. The predicted molar refractivity (Wildman–Crippen MR) is 74.7 cm³/mol. The Morgan fingerprint density at radius 1 is 1.18 bits per heavy atom. The molecule has 1 aromatic carbocycles. The highest BCUT2D eigenvalue weighted by Crippen LogP contribution is 2.33. The summed E-state index contributed by atoms with van der Waals surface area (Å²) in [6.45, 7) is 2.39. The van der Waals surface area contributed by atoms with Crippen molar-refractivity contribution in [2.45, 2.75) is 17.5 Å². The zero-order valence-corrected chi connectivity index (χ0v) is 12.6. The Kier molecular flexibility index (Phi) is 3.94. The molecule has 2 saturated heterocycles. The van der Waals surface area contributed by atoms with E-state index in [2.05, 4.69) is 5.32 Å². The normalized spacial score (nSPS) is 26.9. The van der Waals surface area contributed by atoms with Gasteiger partial charge in [-0.2, -0.15) is 17.5 Å². The SMILES string of the molecule is O=S(=O)(c1cccc(C(F)(F)F)c1)N1CCC2CNCC2C1. The van der Waals surface area contributed by atoms with Crippen molar-refractivity contribution >= 4 is 10.0 Å². The summed E-state index contributed by atoms with van der Waals surface area (Å²) in [6, 6.07) is 3.96. The molecule has 3 rings (SSSR count). The highest BCUT2D eigenvalue weighted by molar-refractivity contribution is 7.89. The van der Waals surface area contributed by atoms with Crippen molar-refractivity contribution in [2.75, 3.05) is 26.2 Å². The van der Waals surface area contributed by atoms with E-state index in [1.54, 1.807) is 0 Å².